The Morgan fingerprint density at radius 1 is 1.33 bits per heavy atom. The van der Waals surface area contributed by atoms with Crippen molar-refractivity contribution in [1.82, 2.24) is 4.98 Å². The summed E-state index contributed by atoms with van der Waals surface area (Å²) in [5, 5.41) is 3.35. The number of aryl methyl sites for hydroxylation is 1. The topological polar surface area (TPSA) is 51.2 Å². The van der Waals surface area contributed by atoms with Gasteiger partial charge in [0, 0.05) is 5.56 Å². The zero-order valence-corrected chi connectivity index (χ0v) is 12.4. The molecule has 3 rings (SSSR count). The van der Waals surface area contributed by atoms with Crippen LogP contribution in [-0.4, -0.2) is 17.5 Å². The highest BCUT2D eigenvalue weighted by molar-refractivity contribution is 6.29. The lowest BCUT2D eigenvalue weighted by molar-refractivity contribution is -0.118. The van der Waals surface area contributed by atoms with Crippen molar-refractivity contribution < 1.29 is 9.53 Å². The lowest BCUT2D eigenvalue weighted by Gasteiger charge is -2.25. The first-order valence-electron chi connectivity index (χ1n) is 6.81. The predicted molar refractivity (Wildman–Crippen MR) is 81.9 cm³/mol. The van der Waals surface area contributed by atoms with Crippen LogP contribution in [0.15, 0.2) is 36.4 Å². The number of nitrogens with one attached hydrogen (secondary N) is 1. The third-order valence-corrected chi connectivity index (χ3v) is 3.80. The molecule has 2 aromatic rings. The Bertz CT molecular complexity index is 688. The second-order valence-electron chi connectivity index (χ2n) is 4.98. The molecule has 1 atom stereocenters. The number of ether oxygens (including phenoxy) is 1. The first-order chi connectivity index (χ1) is 10.1. The highest BCUT2D eigenvalue weighted by Crippen LogP contribution is 2.34. The van der Waals surface area contributed by atoms with E-state index in [9.17, 15) is 4.79 Å². The van der Waals surface area contributed by atoms with Crippen molar-refractivity contribution in [2.75, 3.05) is 11.9 Å². The first kappa shape index (κ1) is 13.9. The van der Waals surface area contributed by atoms with E-state index >= 15 is 0 Å². The van der Waals surface area contributed by atoms with E-state index in [2.05, 4.69) is 10.3 Å². The maximum atomic E-state index is 12.5. The Kier molecular flexibility index (Phi) is 3.80. The van der Waals surface area contributed by atoms with E-state index in [1.807, 2.05) is 31.2 Å². The fourth-order valence-electron chi connectivity index (χ4n) is 2.50. The number of pyridine rings is 1. The summed E-state index contributed by atoms with van der Waals surface area (Å²) in [6, 6.07) is 11.1. The summed E-state index contributed by atoms with van der Waals surface area (Å²) < 4.78 is 5.58. The molecular formula is C16H15ClN2O2. The van der Waals surface area contributed by atoms with E-state index in [0.717, 1.165) is 11.3 Å². The van der Waals surface area contributed by atoms with Gasteiger partial charge in [0.1, 0.15) is 10.9 Å². The molecule has 0 saturated heterocycles. The van der Waals surface area contributed by atoms with Gasteiger partial charge in [0.05, 0.1) is 23.9 Å². The van der Waals surface area contributed by atoms with Gasteiger partial charge < -0.3 is 10.1 Å². The molecule has 1 aliphatic heterocycles. The van der Waals surface area contributed by atoms with Crippen molar-refractivity contribution in [3.8, 4) is 5.75 Å². The van der Waals surface area contributed by atoms with Crippen molar-refractivity contribution in [1.29, 1.82) is 0 Å². The molecule has 0 fully saturated rings. The van der Waals surface area contributed by atoms with Gasteiger partial charge in [0.25, 0.3) is 0 Å². The fraction of sp³-hybridized carbons (Fsp3) is 0.250. The van der Waals surface area contributed by atoms with E-state index in [1.54, 1.807) is 12.1 Å². The summed E-state index contributed by atoms with van der Waals surface area (Å²) in [5.74, 6) is 0.540. The minimum atomic E-state index is -0.204. The van der Waals surface area contributed by atoms with E-state index < -0.39 is 0 Å². The van der Waals surface area contributed by atoms with Crippen LogP contribution in [0.2, 0.25) is 5.15 Å². The predicted octanol–water partition coefficient (Wildman–Crippen LogP) is 3.55. The van der Waals surface area contributed by atoms with Crippen molar-refractivity contribution in [3.63, 3.8) is 0 Å². The molecule has 1 N–H and O–H groups in total. The Labute approximate surface area is 128 Å². The minimum absolute atomic E-state index is 0.0435. The molecule has 0 saturated carbocycles. The highest BCUT2D eigenvalue weighted by atomic mass is 35.5. The Morgan fingerprint density at radius 3 is 2.95 bits per heavy atom. The van der Waals surface area contributed by atoms with Crippen LogP contribution in [0.3, 0.4) is 0 Å². The van der Waals surface area contributed by atoms with E-state index in [4.69, 9.17) is 16.3 Å². The van der Waals surface area contributed by atoms with Crippen molar-refractivity contribution in [3.05, 3.63) is 52.8 Å². The van der Waals surface area contributed by atoms with E-state index in [0.29, 0.717) is 29.6 Å². The summed E-state index contributed by atoms with van der Waals surface area (Å²) >= 11 is 5.83. The van der Waals surface area contributed by atoms with Crippen LogP contribution >= 0.6 is 11.6 Å². The molecule has 1 amide bonds. The molecule has 108 valence electrons. The minimum Gasteiger partial charge on any atom is -0.493 e. The van der Waals surface area contributed by atoms with Gasteiger partial charge in [0.15, 0.2) is 0 Å². The second-order valence-corrected chi connectivity index (χ2v) is 5.37. The summed E-state index contributed by atoms with van der Waals surface area (Å²) in [6.07, 6.45) is 0.670. The number of carbonyl (C=O) groups is 1. The third-order valence-electron chi connectivity index (χ3n) is 3.58. The molecule has 0 bridgehead atoms. The SMILES string of the molecule is Cc1nc(Cl)ccc1NC(=O)C1CCOc2ccccc21. The zero-order chi connectivity index (χ0) is 14.8. The number of fused-ring (bicyclic) bond motifs is 1. The number of hydrogen-bond donors (Lipinski definition) is 1. The molecule has 5 heteroatoms. The van der Waals surface area contributed by atoms with Crippen LogP contribution in [-0.2, 0) is 4.79 Å². The monoisotopic (exact) mass is 302 g/mol. The molecule has 2 heterocycles. The van der Waals surface area contributed by atoms with Crippen LogP contribution in [0.5, 0.6) is 5.75 Å². The largest absolute Gasteiger partial charge is 0.493 e. The molecule has 0 aliphatic carbocycles. The van der Waals surface area contributed by atoms with Gasteiger partial charge in [-0.05, 0) is 31.5 Å². The Hall–Kier alpha value is -2.07. The number of amides is 1. The quantitative estimate of drug-likeness (QED) is 0.863. The summed E-state index contributed by atoms with van der Waals surface area (Å²) in [4.78, 5) is 16.7. The lowest BCUT2D eigenvalue weighted by atomic mass is 9.92. The molecule has 21 heavy (non-hydrogen) atoms. The Balaban J connectivity index is 1.83. The number of carbonyl (C=O) groups excluding carboxylic acids is 1. The van der Waals surface area contributed by atoms with Gasteiger partial charge in [-0.2, -0.15) is 0 Å². The number of rotatable bonds is 2. The molecule has 0 radical (unpaired) electrons. The normalized spacial score (nSPS) is 16.8. The number of halogens is 1. The van der Waals surface area contributed by atoms with Crippen LogP contribution in [0.4, 0.5) is 5.69 Å². The average molecular weight is 303 g/mol. The average Bonchev–Trinajstić information content (AvgIpc) is 2.49. The molecule has 0 spiro atoms. The summed E-state index contributed by atoms with van der Waals surface area (Å²) in [6.45, 7) is 2.37. The van der Waals surface area contributed by atoms with E-state index in [-0.39, 0.29) is 11.8 Å². The number of nitrogens with zero attached hydrogens (tertiary/aromatic N) is 1. The number of hydrogen-bond acceptors (Lipinski definition) is 3. The third kappa shape index (κ3) is 2.85. The van der Waals surface area contributed by atoms with Crippen LogP contribution in [0.1, 0.15) is 23.6 Å². The van der Waals surface area contributed by atoms with E-state index in [1.165, 1.54) is 0 Å². The van der Waals surface area contributed by atoms with Gasteiger partial charge >= 0.3 is 0 Å². The molecule has 1 aliphatic rings. The van der Waals surface area contributed by atoms with Gasteiger partial charge in [-0.1, -0.05) is 29.8 Å². The molecular weight excluding hydrogens is 288 g/mol. The molecule has 4 nitrogen and oxygen atoms in total. The molecule has 1 unspecified atom stereocenters. The van der Waals surface area contributed by atoms with Crippen molar-refractivity contribution >= 4 is 23.2 Å². The van der Waals surface area contributed by atoms with Crippen molar-refractivity contribution in [2.24, 2.45) is 0 Å². The number of aromatic nitrogens is 1. The van der Waals surface area contributed by atoms with Gasteiger partial charge in [0.2, 0.25) is 5.91 Å². The number of para-hydroxylation sites is 1. The van der Waals surface area contributed by atoms with Gasteiger partial charge in [-0.3, -0.25) is 4.79 Å². The standard InChI is InChI=1S/C16H15ClN2O2/c1-10-13(6-7-15(17)18-10)19-16(20)12-8-9-21-14-5-3-2-4-11(12)14/h2-7,12H,8-9H2,1H3,(H,19,20). The maximum absolute atomic E-state index is 12.5. The smallest absolute Gasteiger partial charge is 0.232 e. The molecule has 1 aromatic heterocycles. The Morgan fingerprint density at radius 2 is 2.14 bits per heavy atom. The highest BCUT2D eigenvalue weighted by Gasteiger charge is 2.27. The van der Waals surface area contributed by atoms with Crippen molar-refractivity contribution in [2.45, 2.75) is 19.3 Å². The summed E-state index contributed by atoms with van der Waals surface area (Å²) in [7, 11) is 0. The first-order valence-corrected chi connectivity index (χ1v) is 7.18. The van der Waals surface area contributed by atoms with Gasteiger partial charge in [-0.15, -0.1) is 0 Å². The fourth-order valence-corrected chi connectivity index (χ4v) is 2.69. The second kappa shape index (κ2) is 5.74. The number of benzene rings is 1. The zero-order valence-electron chi connectivity index (χ0n) is 11.6. The van der Waals surface area contributed by atoms with Crippen LogP contribution < -0.4 is 10.1 Å². The molecule has 1 aromatic carbocycles. The lowest BCUT2D eigenvalue weighted by Crippen LogP contribution is -2.26. The number of anilines is 1. The van der Waals surface area contributed by atoms with Gasteiger partial charge in [-0.25, -0.2) is 4.98 Å². The maximum Gasteiger partial charge on any atom is 0.232 e. The summed E-state index contributed by atoms with van der Waals surface area (Å²) in [5.41, 5.74) is 2.32. The van der Waals surface area contributed by atoms with Crippen LogP contribution in [0.25, 0.3) is 0 Å². The van der Waals surface area contributed by atoms with Crippen LogP contribution in [0, 0.1) is 6.92 Å².